The zero-order valence-electron chi connectivity index (χ0n) is 20.7. The number of nitrogens with one attached hydrogen (secondary N) is 1. The molecule has 0 aliphatic carbocycles. The van der Waals surface area contributed by atoms with Crippen molar-refractivity contribution in [3.8, 4) is 23.0 Å². The van der Waals surface area contributed by atoms with E-state index < -0.39 is 22.5 Å². The molecule has 37 heavy (non-hydrogen) atoms. The summed E-state index contributed by atoms with van der Waals surface area (Å²) in [5, 5.41) is 14.2. The molecule has 1 amide bonds. The summed E-state index contributed by atoms with van der Waals surface area (Å²) >= 11 is 0. The van der Waals surface area contributed by atoms with Crippen LogP contribution in [-0.2, 0) is 21.4 Å². The number of carbonyl (C=O) groups excluding carboxylic acids is 1. The van der Waals surface area contributed by atoms with Crippen LogP contribution >= 0.6 is 0 Å². The van der Waals surface area contributed by atoms with Crippen LogP contribution in [-0.4, -0.2) is 57.3 Å². The Morgan fingerprint density at radius 2 is 1.78 bits per heavy atom. The number of carbonyl (C=O) groups is 1. The normalized spacial score (nSPS) is 11.5. The third kappa shape index (κ3) is 6.99. The van der Waals surface area contributed by atoms with Gasteiger partial charge < -0.3 is 19.3 Å². The summed E-state index contributed by atoms with van der Waals surface area (Å²) < 4.78 is 44.2. The van der Waals surface area contributed by atoms with Gasteiger partial charge in [0.1, 0.15) is 16.4 Å². The van der Waals surface area contributed by atoms with E-state index in [2.05, 4.69) is 10.5 Å². The van der Waals surface area contributed by atoms with Crippen LogP contribution in [0.15, 0.2) is 76.7 Å². The third-order valence-corrected chi connectivity index (χ3v) is 7.05. The summed E-state index contributed by atoms with van der Waals surface area (Å²) in [4.78, 5) is 12.6. The predicted octanol–water partition coefficient (Wildman–Crippen LogP) is 3.15. The third-order valence-electron chi connectivity index (χ3n) is 5.23. The van der Waals surface area contributed by atoms with Gasteiger partial charge in [0.05, 0.1) is 33.6 Å². The van der Waals surface area contributed by atoms with Gasteiger partial charge in [0.2, 0.25) is 10.0 Å². The van der Waals surface area contributed by atoms with Gasteiger partial charge >= 0.3 is 0 Å². The van der Waals surface area contributed by atoms with Gasteiger partial charge in [-0.1, -0.05) is 36.4 Å². The standard InChI is InChI=1S/C26H29N3O7S/c1-4-36-23-12-8-11-20(26(23)31)16-27-28-25(30)18-29(17-19-9-6-5-7-10-19)37(32,33)24-15-21(34-2)13-14-22(24)35-3/h5-16,31H,4,17-18H2,1-3H3,(H,28,30)/b27-16+. The fourth-order valence-electron chi connectivity index (χ4n) is 3.42. The molecular formula is C26H29N3O7S. The molecule has 0 bridgehead atoms. The molecule has 0 atom stereocenters. The van der Waals surface area contributed by atoms with Gasteiger partial charge in [-0.25, -0.2) is 13.8 Å². The molecule has 0 spiro atoms. The zero-order chi connectivity index (χ0) is 26.8. The summed E-state index contributed by atoms with van der Waals surface area (Å²) in [5.41, 5.74) is 3.32. The number of phenols is 1. The molecular weight excluding hydrogens is 498 g/mol. The van der Waals surface area contributed by atoms with Gasteiger partial charge in [0.15, 0.2) is 11.5 Å². The lowest BCUT2D eigenvalue weighted by atomic mass is 10.2. The average molecular weight is 528 g/mol. The van der Waals surface area contributed by atoms with Crippen LogP contribution < -0.4 is 19.6 Å². The molecule has 0 aliphatic rings. The van der Waals surface area contributed by atoms with E-state index in [0.717, 1.165) is 4.31 Å². The summed E-state index contributed by atoms with van der Waals surface area (Å²) in [6.07, 6.45) is 1.25. The van der Waals surface area contributed by atoms with E-state index in [-0.39, 0.29) is 28.7 Å². The first kappa shape index (κ1) is 27.5. The Bertz CT molecular complexity index is 1350. The van der Waals surface area contributed by atoms with E-state index in [1.165, 1.54) is 32.6 Å². The molecule has 0 saturated carbocycles. The minimum Gasteiger partial charge on any atom is -0.504 e. The molecule has 2 N–H and O–H groups in total. The number of benzene rings is 3. The highest BCUT2D eigenvalue weighted by atomic mass is 32.2. The van der Waals surface area contributed by atoms with Gasteiger partial charge in [-0.3, -0.25) is 4.79 Å². The van der Waals surface area contributed by atoms with Crippen LogP contribution in [0.5, 0.6) is 23.0 Å². The first-order valence-electron chi connectivity index (χ1n) is 11.3. The molecule has 196 valence electrons. The Kier molecular flexibility index (Phi) is 9.47. The van der Waals surface area contributed by atoms with E-state index in [1.54, 1.807) is 55.5 Å². The van der Waals surface area contributed by atoms with E-state index in [1.807, 2.05) is 6.07 Å². The second-order valence-corrected chi connectivity index (χ2v) is 9.60. The molecule has 0 aromatic heterocycles. The maximum Gasteiger partial charge on any atom is 0.255 e. The lowest BCUT2D eigenvalue weighted by Gasteiger charge is -2.23. The lowest BCUT2D eigenvalue weighted by Crippen LogP contribution is -2.39. The van der Waals surface area contributed by atoms with Crippen LogP contribution in [0.1, 0.15) is 18.1 Å². The Hall–Kier alpha value is -4.09. The van der Waals surface area contributed by atoms with Crippen molar-refractivity contribution < 1.29 is 32.5 Å². The van der Waals surface area contributed by atoms with E-state index in [4.69, 9.17) is 14.2 Å². The second kappa shape index (κ2) is 12.7. The van der Waals surface area contributed by atoms with Crippen molar-refractivity contribution in [3.63, 3.8) is 0 Å². The van der Waals surface area contributed by atoms with Crippen molar-refractivity contribution in [2.24, 2.45) is 5.10 Å². The van der Waals surface area contributed by atoms with Gasteiger partial charge in [-0.15, -0.1) is 0 Å². The molecule has 3 aromatic rings. The van der Waals surface area contributed by atoms with Crippen LogP contribution in [0.4, 0.5) is 0 Å². The molecule has 0 saturated heterocycles. The van der Waals surface area contributed by atoms with Crippen molar-refractivity contribution >= 4 is 22.1 Å². The largest absolute Gasteiger partial charge is 0.504 e. The van der Waals surface area contributed by atoms with Crippen LogP contribution in [0.3, 0.4) is 0 Å². The molecule has 0 heterocycles. The smallest absolute Gasteiger partial charge is 0.255 e. The summed E-state index contributed by atoms with van der Waals surface area (Å²) in [7, 11) is -1.42. The first-order valence-corrected chi connectivity index (χ1v) is 12.8. The SMILES string of the molecule is CCOc1cccc(/C=N/NC(=O)CN(Cc2ccccc2)S(=O)(=O)c2cc(OC)ccc2OC)c1O. The number of amides is 1. The molecule has 11 heteroatoms. The minimum atomic E-state index is -4.21. The van der Waals surface area contributed by atoms with Crippen molar-refractivity contribution in [2.75, 3.05) is 27.4 Å². The molecule has 0 aliphatic heterocycles. The maximum absolute atomic E-state index is 13.7. The number of hydrogen-bond acceptors (Lipinski definition) is 8. The van der Waals surface area contributed by atoms with Crippen molar-refractivity contribution in [1.29, 1.82) is 0 Å². The number of phenolic OH excluding ortho intramolecular Hbond substituents is 1. The van der Waals surface area contributed by atoms with E-state index in [0.29, 0.717) is 23.5 Å². The fourth-order valence-corrected chi connectivity index (χ4v) is 4.98. The predicted molar refractivity (Wildman–Crippen MR) is 139 cm³/mol. The van der Waals surface area contributed by atoms with E-state index >= 15 is 0 Å². The quantitative estimate of drug-likeness (QED) is 0.274. The molecule has 0 unspecified atom stereocenters. The lowest BCUT2D eigenvalue weighted by molar-refractivity contribution is -0.121. The van der Waals surface area contributed by atoms with Gasteiger partial charge in [0, 0.05) is 18.2 Å². The average Bonchev–Trinajstić information content (AvgIpc) is 2.90. The Labute approximate surface area is 216 Å². The summed E-state index contributed by atoms with van der Waals surface area (Å²) in [6, 6.07) is 18.2. The highest BCUT2D eigenvalue weighted by Gasteiger charge is 2.30. The molecule has 0 fully saturated rings. The van der Waals surface area contributed by atoms with E-state index in [9.17, 15) is 18.3 Å². The summed E-state index contributed by atoms with van der Waals surface area (Å²) in [5.74, 6) is -0.0897. The monoisotopic (exact) mass is 527 g/mol. The number of para-hydroxylation sites is 1. The Balaban J connectivity index is 1.86. The fraction of sp³-hybridized carbons (Fsp3) is 0.231. The Morgan fingerprint density at radius 3 is 2.46 bits per heavy atom. The highest BCUT2D eigenvalue weighted by molar-refractivity contribution is 7.89. The second-order valence-electron chi connectivity index (χ2n) is 7.70. The van der Waals surface area contributed by atoms with Crippen LogP contribution in [0.2, 0.25) is 0 Å². The number of hydrazone groups is 1. The van der Waals surface area contributed by atoms with Gasteiger partial charge in [0.25, 0.3) is 5.91 Å². The number of aromatic hydroxyl groups is 1. The molecule has 3 rings (SSSR count). The van der Waals surface area contributed by atoms with Gasteiger partial charge in [-0.05, 0) is 36.8 Å². The zero-order valence-corrected chi connectivity index (χ0v) is 21.6. The number of rotatable bonds is 12. The number of methoxy groups -OCH3 is 2. The molecule has 0 radical (unpaired) electrons. The first-order chi connectivity index (χ1) is 17.8. The number of hydrogen-bond donors (Lipinski definition) is 2. The Morgan fingerprint density at radius 1 is 1.03 bits per heavy atom. The van der Waals surface area contributed by atoms with Crippen LogP contribution in [0.25, 0.3) is 0 Å². The number of sulfonamides is 1. The highest BCUT2D eigenvalue weighted by Crippen LogP contribution is 2.31. The van der Waals surface area contributed by atoms with Gasteiger partial charge in [-0.2, -0.15) is 9.41 Å². The summed E-state index contributed by atoms with van der Waals surface area (Å²) in [6.45, 7) is 1.56. The van der Waals surface area contributed by atoms with Crippen molar-refractivity contribution in [1.82, 2.24) is 9.73 Å². The van der Waals surface area contributed by atoms with Crippen LogP contribution in [0, 0.1) is 0 Å². The van der Waals surface area contributed by atoms with Crippen molar-refractivity contribution in [3.05, 3.63) is 77.9 Å². The maximum atomic E-state index is 13.7. The molecule has 3 aromatic carbocycles. The van der Waals surface area contributed by atoms with Crippen molar-refractivity contribution in [2.45, 2.75) is 18.4 Å². The topological polar surface area (TPSA) is 127 Å². The number of ether oxygens (including phenoxy) is 3. The number of nitrogens with zero attached hydrogens (tertiary/aromatic N) is 2. The molecule has 10 nitrogen and oxygen atoms in total. The minimum absolute atomic E-state index is 0.0716.